The van der Waals surface area contributed by atoms with Gasteiger partial charge in [-0.3, -0.25) is 0 Å². The van der Waals surface area contributed by atoms with Crippen LogP contribution in [0.3, 0.4) is 0 Å². The first kappa shape index (κ1) is 15.3. The molecule has 0 amide bonds. The minimum Gasteiger partial charge on any atom is -0.478 e. The van der Waals surface area contributed by atoms with Crippen molar-refractivity contribution in [2.24, 2.45) is 5.92 Å². The van der Waals surface area contributed by atoms with Gasteiger partial charge in [0.25, 0.3) is 0 Å². The molecule has 0 saturated heterocycles. The fourth-order valence-corrected chi connectivity index (χ4v) is 3.22. The third kappa shape index (κ3) is 3.72. The van der Waals surface area contributed by atoms with E-state index in [0.29, 0.717) is 17.1 Å². The van der Waals surface area contributed by atoms with Gasteiger partial charge in [0.15, 0.2) is 0 Å². The topological polar surface area (TPSA) is 61.1 Å². The molecule has 3 heteroatoms. The van der Waals surface area contributed by atoms with E-state index in [-0.39, 0.29) is 5.92 Å². The molecule has 1 saturated carbocycles. The third-order valence-corrected chi connectivity index (χ3v) is 4.35. The second kappa shape index (κ2) is 7.08. The summed E-state index contributed by atoms with van der Waals surface area (Å²) in [5.74, 6) is -0.0820. The molecule has 110 valence electrons. The Bertz CT molecular complexity index is 558. The van der Waals surface area contributed by atoms with Crippen LogP contribution in [0.1, 0.15) is 56.1 Å². The lowest BCUT2D eigenvalue weighted by molar-refractivity contribution is -0.133. The van der Waals surface area contributed by atoms with E-state index in [1.807, 2.05) is 37.3 Å². The molecule has 0 spiro atoms. The third-order valence-electron chi connectivity index (χ3n) is 4.35. The molecule has 1 aromatic carbocycles. The lowest BCUT2D eigenvalue weighted by Gasteiger charge is -2.29. The highest BCUT2D eigenvalue weighted by molar-refractivity contribution is 5.87. The van der Waals surface area contributed by atoms with Crippen LogP contribution in [0.5, 0.6) is 0 Å². The Morgan fingerprint density at radius 1 is 1.29 bits per heavy atom. The number of allylic oxidation sites excluding steroid dienone is 1. The molecule has 0 radical (unpaired) electrons. The summed E-state index contributed by atoms with van der Waals surface area (Å²) >= 11 is 0. The zero-order valence-electron chi connectivity index (χ0n) is 12.4. The molecule has 0 atom stereocenters. The highest BCUT2D eigenvalue weighted by atomic mass is 16.4. The summed E-state index contributed by atoms with van der Waals surface area (Å²) in [7, 11) is 0. The van der Waals surface area contributed by atoms with Crippen LogP contribution >= 0.6 is 0 Å². The lowest BCUT2D eigenvalue weighted by atomic mass is 9.75. The average molecular weight is 283 g/mol. The maximum Gasteiger partial charge on any atom is 0.331 e. The van der Waals surface area contributed by atoms with Gasteiger partial charge in [0, 0.05) is 5.57 Å². The van der Waals surface area contributed by atoms with Gasteiger partial charge >= 0.3 is 5.97 Å². The van der Waals surface area contributed by atoms with Crippen molar-refractivity contribution in [3.05, 3.63) is 47.0 Å². The first-order chi connectivity index (χ1) is 10.2. The highest BCUT2D eigenvalue weighted by Gasteiger charge is 2.27. The number of nitriles is 1. The van der Waals surface area contributed by atoms with E-state index in [1.54, 1.807) is 0 Å². The van der Waals surface area contributed by atoms with Crippen LogP contribution in [-0.2, 0) is 4.79 Å². The van der Waals surface area contributed by atoms with Gasteiger partial charge in [-0.1, -0.05) is 25.1 Å². The number of benzene rings is 1. The first-order valence-electron chi connectivity index (χ1n) is 7.59. The van der Waals surface area contributed by atoms with Crippen molar-refractivity contribution in [3.63, 3.8) is 0 Å². The van der Waals surface area contributed by atoms with E-state index in [9.17, 15) is 9.90 Å². The number of hydrogen-bond acceptors (Lipinski definition) is 2. The standard InChI is InChI=1S/C18H21NO2/c1-2-3-17(18(20)21)16-10-8-15(9-11-16)14-6-4-13(12-19)5-7-14/h3-7,15-16H,2,8-11H2,1H3,(H,20,21)/t15-,16-. The molecular formula is C18H21NO2. The molecule has 1 fully saturated rings. The molecule has 0 heterocycles. The van der Waals surface area contributed by atoms with Crippen molar-refractivity contribution < 1.29 is 9.90 Å². The number of nitrogens with zero attached hydrogens (tertiary/aromatic N) is 1. The van der Waals surface area contributed by atoms with Gasteiger partial charge < -0.3 is 5.11 Å². The number of rotatable bonds is 4. The van der Waals surface area contributed by atoms with Crippen molar-refractivity contribution in [2.45, 2.75) is 44.9 Å². The number of aliphatic carboxylic acids is 1. The SMILES string of the molecule is CCC=C(C(=O)O)[C@H]1CC[C@H](c2ccc(C#N)cc2)CC1. The van der Waals surface area contributed by atoms with Gasteiger partial charge in [0.05, 0.1) is 11.6 Å². The number of carboxylic acids is 1. The van der Waals surface area contributed by atoms with E-state index in [2.05, 4.69) is 6.07 Å². The van der Waals surface area contributed by atoms with Gasteiger partial charge in [-0.15, -0.1) is 0 Å². The Labute approximate surface area is 125 Å². The van der Waals surface area contributed by atoms with E-state index in [1.165, 1.54) is 5.56 Å². The molecule has 3 nitrogen and oxygen atoms in total. The van der Waals surface area contributed by atoms with E-state index in [4.69, 9.17) is 5.26 Å². The van der Waals surface area contributed by atoms with Crippen LogP contribution in [0, 0.1) is 17.2 Å². The fraction of sp³-hybridized carbons (Fsp3) is 0.444. The molecule has 2 rings (SSSR count). The monoisotopic (exact) mass is 283 g/mol. The number of carboxylic acid groups (broad SMARTS) is 1. The Kier molecular flexibility index (Phi) is 5.16. The Balaban J connectivity index is 2.01. The largest absolute Gasteiger partial charge is 0.478 e. The average Bonchev–Trinajstić information content (AvgIpc) is 2.53. The Morgan fingerprint density at radius 2 is 1.90 bits per heavy atom. The molecule has 1 aromatic rings. The van der Waals surface area contributed by atoms with Crippen LogP contribution in [0.2, 0.25) is 0 Å². The summed E-state index contributed by atoms with van der Waals surface area (Å²) in [6.07, 6.45) is 6.54. The minimum atomic E-state index is -0.765. The van der Waals surface area contributed by atoms with Crippen molar-refractivity contribution in [1.82, 2.24) is 0 Å². The summed E-state index contributed by atoms with van der Waals surface area (Å²) in [5.41, 5.74) is 2.55. The molecule has 21 heavy (non-hydrogen) atoms. The van der Waals surface area contributed by atoms with Crippen LogP contribution < -0.4 is 0 Å². The quantitative estimate of drug-likeness (QED) is 0.840. The summed E-state index contributed by atoms with van der Waals surface area (Å²) in [6, 6.07) is 9.92. The normalized spacial score (nSPS) is 22.6. The summed E-state index contributed by atoms with van der Waals surface area (Å²) < 4.78 is 0. The van der Waals surface area contributed by atoms with Crippen LogP contribution in [-0.4, -0.2) is 11.1 Å². The van der Waals surface area contributed by atoms with E-state index < -0.39 is 5.97 Å². The lowest BCUT2D eigenvalue weighted by Crippen LogP contribution is -2.19. The van der Waals surface area contributed by atoms with Gasteiger partial charge in [0.2, 0.25) is 0 Å². The summed E-state index contributed by atoms with van der Waals surface area (Å²) in [4.78, 5) is 11.3. The van der Waals surface area contributed by atoms with Crippen molar-refractivity contribution in [2.75, 3.05) is 0 Å². The zero-order valence-corrected chi connectivity index (χ0v) is 12.4. The Morgan fingerprint density at radius 3 is 2.38 bits per heavy atom. The second-order valence-electron chi connectivity index (χ2n) is 5.66. The van der Waals surface area contributed by atoms with Gasteiger partial charge in [-0.05, 0) is 61.6 Å². The Hall–Kier alpha value is -2.08. The second-order valence-corrected chi connectivity index (χ2v) is 5.66. The molecule has 1 aliphatic rings. The fourth-order valence-electron chi connectivity index (χ4n) is 3.22. The predicted molar refractivity (Wildman–Crippen MR) is 81.9 cm³/mol. The molecule has 0 aromatic heterocycles. The minimum absolute atomic E-state index is 0.192. The van der Waals surface area contributed by atoms with Gasteiger partial charge in [-0.25, -0.2) is 4.79 Å². The highest BCUT2D eigenvalue weighted by Crippen LogP contribution is 2.38. The van der Waals surface area contributed by atoms with Gasteiger partial charge in [-0.2, -0.15) is 5.26 Å². The van der Waals surface area contributed by atoms with Crippen molar-refractivity contribution in [3.8, 4) is 6.07 Å². The summed E-state index contributed by atoms with van der Waals surface area (Å²) in [6.45, 7) is 1.98. The maximum absolute atomic E-state index is 11.3. The molecule has 1 N–H and O–H groups in total. The zero-order chi connectivity index (χ0) is 15.2. The van der Waals surface area contributed by atoms with Crippen LogP contribution in [0.25, 0.3) is 0 Å². The molecule has 0 unspecified atom stereocenters. The molecule has 1 aliphatic carbocycles. The predicted octanol–water partition coefficient (Wildman–Crippen LogP) is 4.25. The van der Waals surface area contributed by atoms with E-state index >= 15 is 0 Å². The molecular weight excluding hydrogens is 262 g/mol. The van der Waals surface area contributed by atoms with Crippen LogP contribution in [0.4, 0.5) is 0 Å². The first-order valence-corrected chi connectivity index (χ1v) is 7.59. The maximum atomic E-state index is 11.3. The van der Waals surface area contributed by atoms with E-state index in [0.717, 1.165) is 32.1 Å². The smallest absolute Gasteiger partial charge is 0.331 e. The number of carbonyl (C=O) groups is 1. The van der Waals surface area contributed by atoms with Crippen molar-refractivity contribution in [1.29, 1.82) is 5.26 Å². The molecule has 0 bridgehead atoms. The van der Waals surface area contributed by atoms with Gasteiger partial charge in [0.1, 0.15) is 0 Å². The number of hydrogen-bond donors (Lipinski definition) is 1. The molecule has 0 aliphatic heterocycles. The van der Waals surface area contributed by atoms with Crippen LogP contribution in [0.15, 0.2) is 35.9 Å². The summed E-state index contributed by atoms with van der Waals surface area (Å²) in [5, 5.41) is 18.1. The van der Waals surface area contributed by atoms with Crippen molar-refractivity contribution >= 4 is 5.97 Å².